The maximum absolute atomic E-state index is 13.0. The number of nitrogens with two attached hydrogens (primary N) is 2. The fourth-order valence-corrected chi connectivity index (χ4v) is 8.43. The number of allylic oxidation sites excluding steroid dienone is 1. The number of imidazole rings is 1. The molecular formula is C27H29N8O18P3-4. The molecule has 0 radical (unpaired) electrons. The number of ether oxygens (including phenoxy) is 2. The predicted molar refractivity (Wildman–Crippen MR) is 171 cm³/mol. The van der Waals surface area contributed by atoms with Crippen molar-refractivity contribution in [3.05, 3.63) is 66.8 Å². The highest BCUT2D eigenvalue weighted by Gasteiger charge is 2.48. The molecule has 26 nitrogen and oxygen atoms in total. The molecule has 56 heavy (non-hydrogen) atoms. The molecule has 2 fully saturated rings. The van der Waals surface area contributed by atoms with E-state index in [0.29, 0.717) is 0 Å². The van der Waals surface area contributed by atoms with Crippen molar-refractivity contribution in [1.82, 2.24) is 29.4 Å². The smallest absolute Gasteiger partial charge is 0.274 e. The highest BCUT2D eigenvalue weighted by molar-refractivity contribution is 7.59. The number of pyridine rings is 1. The SMILES string of the molecule is NC(=O)C1=CN([C@@H]2O[C@H](COP(=O)([O-])OP(=O)([O-])OC[C@H]3O[C@@H](n4cnc5c(N)ncnc54)[C@H](OP(=O)([O-])[O-])[C@@H]3O)[C@@H](O)[C@H]2O)C=CC1C(=O)c1ccncc1. The highest BCUT2D eigenvalue weighted by Crippen LogP contribution is 2.56. The van der Waals surface area contributed by atoms with Gasteiger partial charge in [-0.1, -0.05) is 6.08 Å². The highest BCUT2D eigenvalue weighted by atomic mass is 31.3. The average molecular weight is 846 g/mol. The zero-order valence-corrected chi connectivity index (χ0v) is 30.6. The summed E-state index contributed by atoms with van der Waals surface area (Å²) in [5.74, 6) is -2.75. The van der Waals surface area contributed by atoms with Crippen LogP contribution in [0, 0.1) is 5.92 Å². The maximum Gasteiger partial charge on any atom is 0.274 e. The van der Waals surface area contributed by atoms with Crippen LogP contribution in [0.15, 0.2) is 61.2 Å². The van der Waals surface area contributed by atoms with Crippen LogP contribution in [0.4, 0.5) is 5.82 Å². The first-order valence-electron chi connectivity index (χ1n) is 15.8. The number of aliphatic hydroxyl groups excluding tert-OH is 3. The van der Waals surface area contributed by atoms with Gasteiger partial charge in [0.1, 0.15) is 48.5 Å². The number of carbonyl (C=O) groups excluding carboxylic acids is 2. The molecule has 0 saturated carbocycles. The molecule has 0 aromatic carbocycles. The molecule has 3 unspecified atom stereocenters. The van der Waals surface area contributed by atoms with Crippen LogP contribution in [-0.4, -0.2) is 112 Å². The number of primary amides is 1. The molecular weight excluding hydrogens is 817 g/mol. The van der Waals surface area contributed by atoms with E-state index < -0.39 is 103 Å². The number of aliphatic hydroxyl groups is 3. The minimum Gasteiger partial charge on any atom is -0.790 e. The summed E-state index contributed by atoms with van der Waals surface area (Å²) >= 11 is 0. The van der Waals surface area contributed by atoms with Crippen molar-refractivity contribution in [1.29, 1.82) is 0 Å². The number of Topliss-reactive ketones (excluding diaryl/α,β-unsaturated/α-hetero) is 1. The Kier molecular flexibility index (Phi) is 12.0. The largest absolute Gasteiger partial charge is 0.790 e. The fourth-order valence-electron chi connectivity index (χ4n) is 5.88. The van der Waals surface area contributed by atoms with Crippen LogP contribution < -0.4 is 31.0 Å². The summed E-state index contributed by atoms with van der Waals surface area (Å²) in [4.78, 5) is 89.8. The van der Waals surface area contributed by atoms with Gasteiger partial charge in [-0.05, 0) is 12.1 Å². The van der Waals surface area contributed by atoms with Gasteiger partial charge >= 0.3 is 0 Å². The second-order valence-corrected chi connectivity index (χ2v) is 16.1. The van der Waals surface area contributed by atoms with E-state index in [1.165, 1.54) is 36.8 Å². The van der Waals surface area contributed by atoms with Crippen molar-refractivity contribution in [3.63, 3.8) is 0 Å². The quantitative estimate of drug-likeness (QED) is 0.0709. The lowest BCUT2D eigenvalue weighted by Gasteiger charge is -2.34. The van der Waals surface area contributed by atoms with Gasteiger partial charge in [-0.15, -0.1) is 0 Å². The standard InChI is InChI=1S/C27H33N8O18P3/c28-23-17-25(32-10-31-23)35(11-33-17)27-22(52-54(41,42)43)20(38)16(51-27)9-49-56(46,47)53-55(44,45)48-8-15-19(37)21(39)26(50-15)34-6-3-13(14(7-34)24(29)40)18(36)12-1-4-30-5-2-12/h1-7,10-11,13,15-16,19-22,26-27,37-39H,8-9H2,(H2,29,40)(H,44,45)(H,46,47)(H2,28,31,32)(H2,41,42,43)/p-4/t13?,15-,16-,19-,20-,21-,22-,26-,27-/m1/s1. The molecule has 304 valence electrons. The van der Waals surface area contributed by atoms with Gasteiger partial charge in [-0.3, -0.25) is 28.3 Å². The Labute approximate surface area is 313 Å². The minimum absolute atomic E-state index is 0.00158. The summed E-state index contributed by atoms with van der Waals surface area (Å²) in [6, 6.07) is 2.84. The van der Waals surface area contributed by atoms with Crippen LogP contribution in [0.25, 0.3) is 11.2 Å². The number of rotatable bonds is 15. The lowest BCUT2D eigenvalue weighted by atomic mass is 9.89. The number of hydrogen-bond acceptors (Lipinski definition) is 24. The van der Waals surface area contributed by atoms with Crippen LogP contribution in [-0.2, 0) is 45.8 Å². The van der Waals surface area contributed by atoms with Crippen molar-refractivity contribution in [2.24, 2.45) is 11.7 Å². The van der Waals surface area contributed by atoms with Gasteiger partial charge in [0.05, 0.1) is 33.3 Å². The summed E-state index contributed by atoms with van der Waals surface area (Å²) in [6.07, 6.45) is -6.07. The van der Waals surface area contributed by atoms with E-state index in [2.05, 4.69) is 37.8 Å². The van der Waals surface area contributed by atoms with E-state index in [9.17, 15) is 58.2 Å². The molecule has 7 N–H and O–H groups in total. The molecule has 11 atom stereocenters. The van der Waals surface area contributed by atoms with Crippen molar-refractivity contribution in [2.75, 3.05) is 18.9 Å². The second kappa shape index (κ2) is 16.2. The Morgan fingerprint density at radius 3 is 2.14 bits per heavy atom. The zero-order valence-electron chi connectivity index (χ0n) is 28.0. The van der Waals surface area contributed by atoms with E-state index >= 15 is 0 Å². The summed E-state index contributed by atoms with van der Waals surface area (Å²) in [7, 11) is -17.6. The number of nitrogen functional groups attached to an aromatic ring is 1. The molecule has 3 aliphatic rings. The lowest BCUT2D eigenvalue weighted by molar-refractivity contribution is -0.347. The Morgan fingerprint density at radius 1 is 0.893 bits per heavy atom. The molecule has 6 heterocycles. The number of ketones is 1. The normalized spacial score (nSPS) is 30.2. The predicted octanol–water partition coefficient (Wildman–Crippen LogP) is -4.59. The van der Waals surface area contributed by atoms with Gasteiger partial charge in [0, 0.05) is 35.9 Å². The van der Waals surface area contributed by atoms with E-state index in [0.717, 1.165) is 28.3 Å². The van der Waals surface area contributed by atoms with Crippen LogP contribution >= 0.6 is 23.5 Å². The fraction of sp³-hybridized carbons (Fsp3) is 0.407. The van der Waals surface area contributed by atoms with E-state index in [1.54, 1.807) is 0 Å². The van der Waals surface area contributed by atoms with Gasteiger partial charge in [0.2, 0.25) is 5.91 Å². The van der Waals surface area contributed by atoms with Crippen LogP contribution in [0.5, 0.6) is 0 Å². The summed E-state index contributed by atoms with van der Waals surface area (Å²) in [5, 5.41) is 32.0. The van der Waals surface area contributed by atoms with Crippen molar-refractivity contribution < 1.29 is 85.5 Å². The molecule has 0 aliphatic carbocycles. The van der Waals surface area contributed by atoms with Gasteiger partial charge < -0.3 is 78.9 Å². The Morgan fingerprint density at radius 2 is 1.52 bits per heavy atom. The van der Waals surface area contributed by atoms with Crippen LogP contribution in [0.3, 0.4) is 0 Å². The third-order valence-corrected chi connectivity index (χ3v) is 11.5. The number of phosphoric ester groups is 3. The summed E-state index contributed by atoms with van der Waals surface area (Å²) < 4.78 is 66.2. The molecule has 0 spiro atoms. The van der Waals surface area contributed by atoms with Gasteiger partial charge in [0.15, 0.2) is 29.7 Å². The number of fused-ring (bicyclic) bond motifs is 1. The van der Waals surface area contributed by atoms with E-state index in [-0.39, 0.29) is 28.1 Å². The number of anilines is 1. The number of amides is 1. The van der Waals surface area contributed by atoms with Crippen LogP contribution in [0.1, 0.15) is 16.6 Å². The zero-order chi connectivity index (χ0) is 40.7. The third kappa shape index (κ3) is 9.11. The molecule has 3 aliphatic heterocycles. The Hall–Kier alpha value is -3.91. The number of nitrogens with zero attached hydrogens (tertiary/aromatic N) is 6. The minimum atomic E-state index is -5.92. The van der Waals surface area contributed by atoms with Gasteiger partial charge in [-0.25, -0.2) is 19.3 Å². The van der Waals surface area contributed by atoms with E-state index in [4.69, 9.17) is 20.9 Å². The molecule has 6 rings (SSSR count). The first kappa shape index (κ1) is 41.7. The maximum atomic E-state index is 13.0. The number of hydrogen-bond donors (Lipinski definition) is 5. The van der Waals surface area contributed by atoms with Crippen LogP contribution in [0.2, 0.25) is 0 Å². The molecule has 3 aromatic rings. The first-order valence-corrected chi connectivity index (χ1v) is 20.2. The third-order valence-electron chi connectivity index (χ3n) is 8.46. The second-order valence-electron chi connectivity index (χ2n) is 12.1. The summed E-state index contributed by atoms with van der Waals surface area (Å²) in [5.41, 5.74) is 11.2. The van der Waals surface area contributed by atoms with Crippen molar-refractivity contribution in [3.8, 4) is 0 Å². The molecule has 1 amide bonds. The lowest BCUT2D eigenvalue weighted by Crippen LogP contribution is -2.41. The number of phosphoric acid groups is 3. The number of aromatic nitrogens is 5. The molecule has 0 bridgehead atoms. The number of carbonyl (C=O) groups is 2. The molecule has 3 aromatic heterocycles. The van der Waals surface area contributed by atoms with Crippen molar-refractivity contribution >= 4 is 52.1 Å². The van der Waals surface area contributed by atoms with Gasteiger partial charge in [0.25, 0.3) is 15.6 Å². The molecule has 2 saturated heterocycles. The van der Waals surface area contributed by atoms with E-state index in [1.807, 2.05) is 0 Å². The Bertz CT molecular complexity index is 2170. The van der Waals surface area contributed by atoms with Gasteiger partial charge in [-0.2, -0.15) is 0 Å². The average Bonchev–Trinajstić information content (AvgIpc) is 3.78. The van der Waals surface area contributed by atoms with Crippen molar-refractivity contribution in [2.45, 2.75) is 49.1 Å². The molecule has 29 heteroatoms. The topological polar surface area (TPSA) is 405 Å². The first-order chi connectivity index (χ1) is 26.2. The Balaban J connectivity index is 1.06. The summed E-state index contributed by atoms with van der Waals surface area (Å²) in [6.45, 7) is -2.37. The monoisotopic (exact) mass is 846 g/mol.